The number of hydrogen-bond donors (Lipinski definition) is 0. The van der Waals surface area contributed by atoms with Crippen LogP contribution in [0.3, 0.4) is 0 Å². The van der Waals surface area contributed by atoms with Gasteiger partial charge >= 0.3 is 5.97 Å². The van der Waals surface area contributed by atoms with Gasteiger partial charge in [0.25, 0.3) is 0 Å². The second-order valence-electron chi connectivity index (χ2n) is 5.15. The van der Waals surface area contributed by atoms with E-state index in [1.165, 1.54) is 5.56 Å². The zero-order valence-electron chi connectivity index (χ0n) is 12.4. The maximum Gasteiger partial charge on any atom is 0.338 e. The minimum atomic E-state index is -0.321. The van der Waals surface area contributed by atoms with E-state index in [4.69, 9.17) is 4.74 Å². The van der Waals surface area contributed by atoms with Gasteiger partial charge in [-0.05, 0) is 34.9 Å². The molecule has 0 aliphatic heterocycles. The van der Waals surface area contributed by atoms with Gasteiger partial charge in [-0.15, -0.1) is 0 Å². The van der Waals surface area contributed by atoms with E-state index in [0.717, 1.165) is 15.6 Å². The zero-order valence-corrected chi connectivity index (χ0v) is 14.0. The number of hydrogen-bond acceptors (Lipinski definition) is 2. The third-order valence-corrected chi connectivity index (χ3v) is 3.98. The molecule has 0 atom stereocenters. The van der Waals surface area contributed by atoms with Crippen molar-refractivity contribution in [1.82, 2.24) is 0 Å². The molecule has 0 N–H and O–H groups in total. The van der Waals surface area contributed by atoms with Crippen LogP contribution < -0.4 is 0 Å². The van der Waals surface area contributed by atoms with Crippen LogP contribution in [0.5, 0.6) is 0 Å². The van der Waals surface area contributed by atoms with Crippen LogP contribution in [0.4, 0.5) is 0 Å². The summed E-state index contributed by atoms with van der Waals surface area (Å²) in [6.45, 7) is 0.264. The van der Waals surface area contributed by atoms with Gasteiger partial charge in [0.15, 0.2) is 0 Å². The zero-order chi connectivity index (χ0) is 16.1. The van der Waals surface area contributed by atoms with Gasteiger partial charge < -0.3 is 4.74 Å². The van der Waals surface area contributed by atoms with Crippen molar-refractivity contribution in [3.05, 3.63) is 94.5 Å². The Bertz CT molecular complexity index is 795. The van der Waals surface area contributed by atoms with E-state index in [9.17, 15) is 4.79 Å². The van der Waals surface area contributed by atoms with Crippen molar-refractivity contribution in [3.8, 4) is 11.1 Å². The molecule has 0 radical (unpaired) electrons. The molecule has 0 aromatic heterocycles. The number of benzene rings is 3. The van der Waals surface area contributed by atoms with Gasteiger partial charge in [0.1, 0.15) is 6.61 Å². The Morgan fingerprint density at radius 3 is 2.22 bits per heavy atom. The molecule has 0 fully saturated rings. The summed E-state index contributed by atoms with van der Waals surface area (Å²) in [5.74, 6) is -0.321. The molecule has 0 aliphatic carbocycles. The minimum absolute atomic E-state index is 0.264. The van der Waals surface area contributed by atoms with Crippen LogP contribution in [-0.4, -0.2) is 5.97 Å². The summed E-state index contributed by atoms with van der Waals surface area (Å²) in [6, 6.07) is 25.4. The Hall–Kier alpha value is -2.39. The van der Waals surface area contributed by atoms with Crippen molar-refractivity contribution in [1.29, 1.82) is 0 Å². The number of rotatable bonds is 4. The second kappa shape index (κ2) is 7.25. The molecule has 0 saturated carbocycles. The number of esters is 1. The molecular formula is C20H15BrO2. The lowest BCUT2D eigenvalue weighted by Gasteiger charge is -2.07. The lowest BCUT2D eigenvalue weighted by molar-refractivity contribution is 0.0472. The van der Waals surface area contributed by atoms with E-state index in [0.29, 0.717) is 5.56 Å². The molecule has 0 heterocycles. The maximum atomic E-state index is 12.0. The lowest BCUT2D eigenvalue weighted by atomic mass is 10.0. The summed E-state index contributed by atoms with van der Waals surface area (Å²) in [5, 5.41) is 0. The molecule has 3 aromatic rings. The lowest BCUT2D eigenvalue weighted by Crippen LogP contribution is -2.05. The molecule has 23 heavy (non-hydrogen) atoms. The summed E-state index contributed by atoms with van der Waals surface area (Å²) in [4.78, 5) is 12.0. The molecule has 2 nitrogen and oxygen atoms in total. The highest BCUT2D eigenvalue weighted by molar-refractivity contribution is 9.10. The molecule has 3 aromatic carbocycles. The predicted octanol–water partition coefficient (Wildman–Crippen LogP) is 5.47. The number of halogens is 1. The number of ether oxygens (including phenoxy) is 1. The van der Waals surface area contributed by atoms with Gasteiger partial charge in [0.2, 0.25) is 0 Å². The monoisotopic (exact) mass is 366 g/mol. The fraction of sp³-hybridized carbons (Fsp3) is 0.0500. The van der Waals surface area contributed by atoms with Gasteiger partial charge in [-0.1, -0.05) is 76.6 Å². The van der Waals surface area contributed by atoms with Gasteiger partial charge in [0, 0.05) is 4.47 Å². The van der Waals surface area contributed by atoms with Crippen LogP contribution in [0.25, 0.3) is 11.1 Å². The molecule has 0 aliphatic rings. The fourth-order valence-electron chi connectivity index (χ4n) is 2.27. The molecule has 3 heteroatoms. The minimum Gasteiger partial charge on any atom is -0.457 e. The van der Waals surface area contributed by atoms with E-state index >= 15 is 0 Å². The molecule has 3 rings (SSSR count). The molecule has 0 saturated heterocycles. The van der Waals surface area contributed by atoms with Crippen LogP contribution in [0.1, 0.15) is 15.9 Å². The summed E-state index contributed by atoms with van der Waals surface area (Å²) in [6.07, 6.45) is 0. The summed E-state index contributed by atoms with van der Waals surface area (Å²) < 4.78 is 6.22. The van der Waals surface area contributed by atoms with Crippen molar-refractivity contribution >= 4 is 21.9 Å². The first kappa shape index (κ1) is 15.5. The molecule has 0 bridgehead atoms. The van der Waals surface area contributed by atoms with E-state index in [1.807, 2.05) is 54.6 Å². The Balaban J connectivity index is 1.64. The largest absolute Gasteiger partial charge is 0.457 e. The van der Waals surface area contributed by atoms with Crippen molar-refractivity contribution in [3.63, 3.8) is 0 Å². The van der Waals surface area contributed by atoms with Crippen molar-refractivity contribution in [2.75, 3.05) is 0 Å². The Morgan fingerprint density at radius 1 is 0.826 bits per heavy atom. The van der Waals surface area contributed by atoms with E-state index < -0.39 is 0 Å². The highest BCUT2D eigenvalue weighted by Crippen LogP contribution is 2.20. The van der Waals surface area contributed by atoms with Crippen LogP contribution >= 0.6 is 15.9 Å². The number of carbonyl (C=O) groups excluding carboxylic acids is 1. The SMILES string of the molecule is O=C(OCc1ccc(-c2ccccc2)cc1)c1cccc(Br)c1. The second-order valence-corrected chi connectivity index (χ2v) is 6.07. The van der Waals surface area contributed by atoms with E-state index in [2.05, 4.69) is 28.1 Å². The number of carbonyl (C=O) groups is 1. The summed E-state index contributed by atoms with van der Waals surface area (Å²) in [5.41, 5.74) is 3.83. The first-order chi connectivity index (χ1) is 11.2. The highest BCUT2D eigenvalue weighted by Gasteiger charge is 2.07. The topological polar surface area (TPSA) is 26.3 Å². The first-order valence-electron chi connectivity index (χ1n) is 7.29. The quantitative estimate of drug-likeness (QED) is 0.572. The normalized spacial score (nSPS) is 10.3. The highest BCUT2D eigenvalue weighted by atomic mass is 79.9. The van der Waals surface area contributed by atoms with Crippen LogP contribution in [-0.2, 0) is 11.3 Å². The van der Waals surface area contributed by atoms with Gasteiger partial charge in [-0.25, -0.2) is 4.79 Å². The van der Waals surface area contributed by atoms with Crippen molar-refractivity contribution in [2.45, 2.75) is 6.61 Å². The average Bonchev–Trinajstić information content (AvgIpc) is 2.61. The maximum absolute atomic E-state index is 12.0. The Morgan fingerprint density at radius 2 is 1.52 bits per heavy atom. The van der Waals surface area contributed by atoms with Gasteiger partial charge in [0.05, 0.1) is 5.56 Å². The van der Waals surface area contributed by atoms with Crippen LogP contribution in [0, 0.1) is 0 Å². The molecule has 0 unspecified atom stereocenters. The first-order valence-corrected chi connectivity index (χ1v) is 8.09. The Kier molecular flexibility index (Phi) is 4.89. The summed E-state index contributed by atoms with van der Waals surface area (Å²) in [7, 11) is 0. The third-order valence-electron chi connectivity index (χ3n) is 3.49. The van der Waals surface area contributed by atoms with Crippen molar-refractivity contribution < 1.29 is 9.53 Å². The molecule has 0 spiro atoms. The summed E-state index contributed by atoms with van der Waals surface area (Å²) >= 11 is 3.35. The van der Waals surface area contributed by atoms with Crippen molar-refractivity contribution in [2.24, 2.45) is 0 Å². The van der Waals surface area contributed by atoms with Gasteiger partial charge in [-0.2, -0.15) is 0 Å². The molecule has 0 amide bonds. The fourth-order valence-corrected chi connectivity index (χ4v) is 2.67. The van der Waals surface area contributed by atoms with Crippen LogP contribution in [0.15, 0.2) is 83.3 Å². The van der Waals surface area contributed by atoms with Crippen LogP contribution in [0.2, 0.25) is 0 Å². The van der Waals surface area contributed by atoms with E-state index in [1.54, 1.807) is 12.1 Å². The molecular weight excluding hydrogens is 352 g/mol. The molecule has 114 valence electrons. The standard InChI is InChI=1S/C20H15BrO2/c21-19-8-4-7-18(13-19)20(22)23-14-15-9-11-17(12-10-15)16-5-2-1-3-6-16/h1-13H,14H2. The van der Waals surface area contributed by atoms with Gasteiger partial charge in [-0.3, -0.25) is 0 Å². The third kappa shape index (κ3) is 4.08. The Labute approximate surface area is 143 Å². The predicted molar refractivity (Wildman–Crippen MR) is 95.1 cm³/mol. The smallest absolute Gasteiger partial charge is 0.338 e. The van der Waals surface area contributed by atoms with E-state index in [-0.39, 0.29) is 12.6 Å². The average molecular weight is 367 g/mol.